The van der Waals surface area contributed by atoms with E-state index in [1.807, 2.05) is 30.3 Å². The van der Waals surface area contributed by atoms with Crippen LogP contribution in [0.3, 0.4) is 0 Å². The number of pyridine rings is 1. The van der Waals surface area contributed by atoms with Crippen molar-refractivity contribution in [1.82, 2.24) is 14.5 Å². The van der Waals surface area contributed by atoms with E-state index >= 15 is 0 Å². The van der Waals surface area contributed by atoms with Crippen molar-refractivity contribution in [1.29, 1.82) is 0 Å². The largest absolute Gasteiger partial charge is 0.366 e. The van der Waals surface area contributed by atoms with Crippen molar-refractivity contribution in [3.63, 3.8) is 0 Å². The third-order valence-electron chi connectivity index (χ3n) is 4.65. The van der Waals surface area contributed by atoms with E-state index in [1.54, 1.807) is 18.5 Å². The number of nitrogens with zero attached hydrogens (tertiary/aromatic N) is 3. The quantitative estimate of drug-likeness (QED) is 0.570. The van der Waals surface area contributed by atoms with Crippen LogP contribution in [-0.4, -0.2) is 20.4 Å². The number of amides is 1. The molecule has 0 radical (unpaired) electrons. The molecule has 0 aliphatic rings. The average Bonchev–Trinajstić information content (AvgIpc) is 3.08. The molecule has 0 aliphatic heterocycles. The first-order chi connectivity index (χ1) is 13.2. The summed E-state index contributed by atoms with van der Waals surface area (Å²) in [6.45, 7) is 0.790. The van der Waals surface area contributed by atoms with Crippen LogP contribution in [0.4, 0.5) is 0 Å². The van der Waals surface area contributed by atoms with Crippen LogP contribution in [0.5, 0.6) is 0 Å². The summed E-state index contributed by atoms with van der Waals surface area (Å²) in [7, 11) is 0. The maximum absolute atomic E-state index is 11.8. The van der Waals surface area contributed by atoms with E-state index in [0.29, 0.717) is 11.1 Å². The van der Waals surface area contributed by atoms with Crippen LogP contribution >= 0.6 is 0 Å². The lowest BCUT2D eigenvalue weighted by Gasteiger charge is -2.09. The molecule has 1 amide bonds. The second kappa shape index (κ2) is 7.41. The first-order valence-electron chi connectivity index (χ1n) is 8.97. The number of hydrogen-bond donors (Lipinski definition) is 1. The van der Waals surface area contributed by atoms with Crippen molar-refractivity contribution < 1.29 is 4.79 Å². The van der Waals surface area contributed by atoms with Gasteiger partial charge in [-0.1, -0.05) is 36.4 Å². The zero-order valence-corrected chi connectivity index (χ0v) is 14.9. The SMILES string of the molecule is NC(=O)c1cccc2c1nc(-c1cccnc1)n2CCCc1ccccc1. The van der Waals surface area contributed by atoms with E-state index in [9.17, 15) is 4.79 Å². The van der Waals surface area contributed by atoms with E-state index < -0.39 is 5.91 Å². The molecule has 2 aromatic carbocycles. The lowest BCUT2D eigenvalue weighted by atomic mass is 10.1. The Labute approximate surface area is 157 Å². The van der Waals surface area contributed by atoms with Gasteiger partial charge in [0, 0.05) is 24.5 Å². The highest BCUT2D eigenvalue weighted by Crippen LogP contribution is 2.27. The number of primary amides is 1. The number of aromatic nitrogens is 3. The van der Waals surface area contributed by atoms with Gasteiger partial charge < -0.3 is 10.3 Å². The molecule has 2 N–H and O–H groups in total. The van der Waals surface area contributed by atoms with E-state index in [-0.39, 0.29) is 0 Å². The summed E-state index contributed by atoms with van der Waals surface area (Å²) in [5, 5.41) is 0. The predicted octanol–water partition coefficient (Wildman–Crippen LogP) is 3.83. The first kappa shape index (κ1) is 17.0. The lowest BCUT2D eigenvalue weighted by Crippen LogP contribution is -2.11. The molecule has 4 rings (SSSR count). The summed E-state index contributed by atoms with van der Waals surface area (Å²) in [6.07, 6.45) is 5.46. The van der Waals surface area contributed by atoms with Gasteiger partial charge in [-0.25, -0.2) is 4.98 Å². The Morgan fingerprint density at radius 3 is 2.59 bits per heavy atom. The van der Waals surface area contributed by atoms with Crippen molar-refractivity contribution >= 4 is 16.9 Å². The van der Waals surface area contributed by atoms with Crippen LogP contribution in [0.1, 0.15) is 22.3 Å². The Balaban J connectivity index is 1.74. The Bertz CT molecular complexity index is 1070. The van der Waals surface area contributed by atoms with E-state index in [4.69, 9.17) is 10.7 Å². The monoisotopic (exact) mass is 356 g/mol. The van der Waals surface area contributed by atoms with Crippen LogP contribution in [0.25, 0.3) is 22.4 Å². The minimum Gasteiger partial charge on any atom is -0.366 e. The van der Waals surface area contributed by atoms with Gasteiger partial charge in [-0.3, -0.25) is 9.78 Å². The summed E-state index contributed by atoms with van der Waals surface area (Å²) in [5.41, 5.74) is 9.78. The molecule has 2 aromatic heterocycles. The molecule has 0 saturated carbocycles. The second-order valence-corrected chi connectivity index (χ2v) is 6.46. The molecule has 5 nitrogen and oxygen atoms in total. The van der Waals surface area contributed by atoms with E-state index in [1.165, 1.54) is 5.56 Å². The number of rotatable bonds is 6. The van der Waals surface area contributed by atoms with Gasteiger partial charge in [0.1, 0.15) is 11.3 Å². The van der Waals surface area contributed by atoms with Gasteiger partial charge in [0.15, 0.2) is 0 Å². The van der Waals surface area contributed by atoms with Crippen LogP contribution < -0.4 is 5.73 Å². The highest BCUT2D eigenvalue weighted by atomic mass is 16.1. The summed E-state index contributed by atoms with van der Waals surface area (Å²) in [6, 6.07) is 19.8. The fourth-order valence-corrected chi connectivity index (χ4v) is 3.37. The molecule has 2 heterocycles. The zero-order valence-electron chi connectivity index (χ0n) is 14.9. The maximum atomic E-state index is 11.8. The fourth-order valence-electron chi connectivity index (χ4n) is 3.37. The fraction of sp³-hybridized carbons (Fsp3) is 0.136. The number of imidazole rings is 1. The number of benzene rings is 2. The predicted molar refractivity (Wildman–Crippen MR) is 106 cm³/mol. The van der Waals surface area contributed by atoms with Gasteiger partial charge in [0.2, 0.25) is 0 Å². The molecule has 27 heavy (non-hydrogen) atoms. The van der Waals surface area contributed by atoms with Crippen LogP contribution in [0.2, 0.25) is 0 Å². The van der Waals surface area contributed by atoms with Gasteiger partial charge in [-0.15, -0.1) is 0 Å². The molecule has 0 atom stereocenters. The Kier molecular flexibility index (Phi) is 4.66. The van der Waals surface area contributed by atoms with Crippen LogP contribution in [0.15, 0.2) is 73.1 Å². The van der Waals surface area contributed by atoms with Gasteiger partial charge >= 0.3 is 0 Å². The molecule has 0 saturated heterocycles. The van der Waals surface area contributed by atoms with Gasteiger partial charge in [0.25, 0.3) is 5.91 Å². The number of nitrogens with two attached hydrogens (primary N) is 1. The molecule has 0 aliphatic carbocycles. The maximum Gasteiger partial charge on any atom is 0.250 e. The molecular weight excluding hydrogens is 336 g/mol. The highest BCUT2D eigenvalue weighted by molar-refractivity contribution is 6.04. The minimum atomic E-state index is -0.465. The number of carbonyl (C=O) groups is 1. The molecule has 134 valence electrons. The van der Waals surface area contributed by atoms with Gasteiger partial charge in [-0.05, 0) is 42.7 Å². The average molecular weight is 356 g/mol. The summed E-state index contributed by atoms with van der Waals surface area (Å²) >= 11 is 0. The Hall–Kier alpha value is -3.47. The normalized spacial score (nSPS) is 11.0. The van der Waals surface area contributed by atoms with Crippen molar-refractivity contribution in [3.05, 3.63) is 84.2 Å². The number of carbonyl (C=O) groups excluding carboxylic acids is 1. The van der Waals surface area contributed by atoms with Crippen molar-refractivity contribution in [2.75, 3.05) is 0 Å². The number of fused-ring (bicyclic) bond motifs is 1. The van der Waals surface area contributed by atoms with Crippen molar-refractivity contribution in [2.45, 2.75) is 19.4 Å². The Morgan fingerprint density at radius 1 is 1.00 bits per heavy atom. The van der Waals surface area contributed by atoms with E-state index in [2.05, 4.69) is 33.8 Å². The first-order valence-corrected chi connectivity index (χ1v) is 8.97. The third kappa shape index (κ3) is 3.44. The standard InChI is InChI=1S/C22H20N4O/c23-21(27)18-11-4-12-19-20(18)25-22(17-10-5-13-24-15-17)26(19)14-6-9-16-7-2-1-3-8-16/h1-5,7-8,10-13,15H,6,9,14H2,(H2,23,27). The van der Waals surface area contributed by atoms with Gasteiger partial charge in [0.05, 0.1) is 11.1 Å². The molecule has 0 spiro atoms. The highest BCUT2D eigenvalue weighted by Gasteiger charge is 2.17. The number of para-hydroxylation sites is 1. The topological polar surface area (TPSA) is 73.8 Å². The summed E-state index contributed by atoms with van der Waals surface area (Å²) in [5.74, 6) is 0.340. The molecule has 0 bridgehead atoms. The molecule has 4 aromatic rings. The van der Waals surface area contributed by atoms with Crippen LogP contribution in [0, 0.1) is 0 Å². The van der Waals surface area contributed by atoms with Crippen molar-refractivity contribution in [2.24, 2.45) is 5.73 Å². The number of hydrogen-bond acceptors (Lipinski definition) is 3. The zero-order chi connectivity index (χ0) is 18.6. The lowest BCUT2D eigenvalue weighted by molar-refractivity contribution is 0.100. The van der Waals surface area contributed by atoms with E-state index in [0.717, 1.165) is 36.3 Å². The molecule has 5 heteroatoms. The summed E-state index contributed by atoms with van der Waals surface area (Å²) < 4.78 is 2.15. The molecule has 0 unspecified atom stereocenters. The van der Waals surface area contributed by atoms with Gasteiger partial charge in [-0.2, -0.15) is 0 Å². The number of aryl methyl sites for hydroxylation is 2. The van der Waals surface area contributed by atoms with Crippen LogP contribution in [-0.2, 0) is 13.0 Å². The Morgan fingerprint density at radius 2 is 1.85 bits per heavy atom. The smallest absolute Gasteiger partial charge is 0.250 e. The molecule has 0 fully saturated rings. The third-order valence-corrected chi connectivity index (χ3v) is 4.65. The molecular formula is C22H20N4O. The summed E-state index contributed by atoms with van der Waals surface area (Å²) in [4.78, 5) is 20.8. The second-order valence-electron chi connectivity index (χ2n) is 6.46. The van der Waals surface area contributed by atoms with Crippen molar-refractivity contribution in [3.8, 4) is 11.4 Å². The minimum absolute atomic E-state index is 0.444.